The molecule has 1 saturated heterocycles. The summed E-state index contributed by atoms with van der Waals surface area (Å²) in [5.74, 6) is -0.393. The number of carboxylic acids is 1. The summed E-state index contributed by atoms with van der Waals surface area (Å²) in [6, 6.07) is -0.780. The first-order chi connectivity index (χ1) is 9.27. The lowest BCUT2D eigenvalue weighted by molar-refractivity contribution is -0.146. The van der Waals surface area contributed by atoms with E-state index < -0.39 is 12.0 Å². The van der Waals surface area contributed by atoms with Gasteiger partial charge in [-0.1, -0.05) is 20.8 Å². The van der Waals surface area contributed by atoms with E-state index in [1.165, 1.54) is 4.90 Å². The fraction of sp³-hybridized carbons (Fsp3) is 0.667. The Morgan fingerprint density at radius 2 is 2.20 bits per heavy atom. The van der Waals surface area contributed by atoms with E-state index in [0.717, 1.165) is 0 Å². The summed E-state index contributed by atoms with van der Waals surface area (Å²) >= 11 is 0. The van der Waals surface area contributed by atoms with Crippen molar-refractivity contribution in [1.29, 1.82) is 0 Å². The molecule has 0 aromatic carbocycles. The number of amides is 1. The second kappa shape index (κ2) is 5.20. The van der Waals surface area contributed by atoms with Crippen molar-refractivity contribution in [1.82, 2.24) is 20.4 Å². The molecule has 0 spiro atoms. The zero-order valence-corrected chi connectivity index (χ0v) is 11.7. The molecular formula is C12H18N4O4. The maximum Gasteiger partial charge on any atom is 0.322 e. The number of carbonyl (C=O) groups excluding carboxylic acids is 1. The standard InChI is InChI=1S/C12H18N4O4/c1-12(2,3)11-15-14-9(20-11)6-16-5-8(17)13-4-7(16)10(18)19/h7H,4-6H2,1-3H3,(H,13,17)(H,18,19). The van der Waals surface area contributed by atoms with Crippen molar-refractivity contribution in [2.24, 2.45) is 0 Å². The van der Waals surface area contributed by atoms with Gasteiger partial charge in [-0.25, -0.2) is 0 Å². The summed E-state index contributed by atoms with van der Waals surface area (Å²) in [5, 5.41) is 19.5. The number of carbonyl (C=O) groups is 2. The van der Waals surface area contributed by atoms with Gasteiger partial charge in [-0.05, 0) is 0 Å². The molecule has 1 aliphatic rings. The molecule has 8 heteroatoms. The van der Waals surface area contributed by atoms with Crippen LogP contribution in [0.15, 0.2) is 4.42 Å². The van der Waals surface area contributed by atoms with Gasteiger partial charge in [-0.15, -0.1) is 10.2 Å². The second-order valence-corrected chi connectivity index (χ2v) is 5.81. The van der Waals surface area contributed by atoms with Gasteiger partial charge in [-0.2, -0.15) is 0 Å². The zero-order valence-electron chi connectivity index (χ0n) is 11.7. The van der Waals surface area contributed by atoms with Crippen molar-refractivity contribution in [3.63, 3.8) is 0 Å². The fourth-order valence-electron chi connectivity index (χ4n) is 1.89. The molecule has 1 aliphatic heterocycles. The van der Waals surface area contributed by atoms with Crippen LogP contribution in [0.3, 0.4) is 0 Å². The summed E-state index contributed by atoms with van der Waals surface area (Å²) < 4.78 is 5.53. The van der Waals surface area contributed by atoms with Gasteiger partial charge in [0.25, 0.3) is 0 Å². The van der Waals surface area contributed by atoms with Crippen LogP contribution in [0.25, 0.3) is 0 Å². The molecule has 1 aromatic heterocycles. The van der Waals surface area contributed by atoms with E-state index >= 15 is 0 Å². The molecule has 2 rings (SSSR count). The predicted octanol–water partition coefficient (Wildman–Crippen LogP) is -0.248. The van der Waals surface area contributed by atoms with Gasteiger partial charge >= 0.3 is 5.97 Å². The lowest BCUT2D eigenvalue weighted by Gasteiger charge is -2.31. The third-order valence-corrected chi connectivity index (χ3v) is 3.01. The quantitative estimate of drug-likeness (QED) is 0.787. The molecule has 8 nitrogen and oxygen atoms in total. The maximum absolute atomic E-state index is 11.4. The van der Waals surface area contributed by atoms with Crippen LogP contribution in [-0.2, 0) is 21.5 Å². The monoisotopic (exact) mass is 282 g/mol. The van der Waals surface area contributed by atoms with Crippen LogP contribution in [0.2, 0.25) is 0 Å². The lowest BCUT2D eigenvalue weighted by atomic mass is 9.97. The third kappa shape index (κ3) is 3.13. The number of nitrogens with one attached hydrogen (secondary N) is 1. The van der Waals surface area contributed by atoms with Gasteiger partial charge in [-0.3, -0.25) is 14.5 Å². The van der Waals surface area contributed by atoms with Gasteiger partial charge in [0.1, 0.15) is 6.04 Å². The number of nitrogens with zero attached hydrogens (tertiary/aromatic N) is 3. The fourth-order valence-corrected chi connectivity index (χ4v) is 1.89. The highest BCUT2D eigenvalue weighted by Gasteiger charge is 2.33. The maximum atomic E-state index is 11.4. The first-order valence-electron chi connectivity index (χ1n) is 6.34. The van der Waals surface area contributed by atoms with E-state index in [4.69, 9.17) is 9.52 Å². The van der Waals surface area contributed by atoms with Crippen molar-refractivity contribution in [2.75, 3.05) is 13.1 Å². The molecule has 2 N–H and O–H groups in total. The summed E-state index contributed by atoms with van der Waals surface area (Å²) in [5.41, 5.74) is -0.267. The summed E-state index contributed by atoms with van der Waals surface area (Å²) in [6.45, 7) is 6.06. The Morgan fingerprint density at radius 3 is 2.75 bits per heavy atom. The molecule has 0 bridgehead atoms. The molecule has 1 aromatic rings. The number of hydrogen-bond acceptors (Lipinski definition) is 6. The molecule has 0 aliphatic carbocycles. The van der Waals surface area contributed by atoms with Crippen LogP contribution in [0.4, 0.5) is 0 Å². The Morgan fingerprint density at radius 1 is 1.50 bits per heavy atom. The predicted molar refractivity (Wildman–Crippen MR) is 67.8 cm³/mol. The minimum absolute atomic E-state index is 0.00416. The Hall–Kier alpha value is -1.96. The lowest BCUT2D eigenvalue weighted by Crippen LogP contribution is -2.56. The van der Waals surface area contributed by atoms with Gasteiger partial charge in [0.05, 0.1) is 13.1 Å². The molecule has 2 heterocycles. The molecule has 1 atom stereocenters. The van der Waals surface area contributed by atoms with Crippen molar-refractivity contribution in [3.8, 4) is 0 Å². The first kappa shape index (κ1) is 14.4. The highest BCUT2D eigenvalue weighted by molar-refractivity contribution is 5.83. The Labute approximate surface area is 116 Å². The number of piperazine rings is 1. The van der Waals surface area contributed by atoms with Crippen LogP contribution < -0.4 is 5.32 Å². The van der Waals surface area contributed by atoms with Crippen LogP contribution in [0, 0.1) is 0 Å². The van der Waals surface area contributed by atoms with E-state index in [1.807, 2.05) is 20.8 Å². The highest BCUT2D eigenvalue weighted by Crippen LogP contribution is 2.21. The normalized spacial score (nSPS) is 20.8. The smallest absolute Gasteiger partial charge is 0.322 e. The average molecular weight is 282 g/mol. The first-order valence-corrected chi connectivity index (χ1v) is 6.34. The Balaban J connectivity index is 2.12. The van der Waals surface area contributed by atoms with Gasteiger partial charge in [0, 0.05) is 12.0 Å². The number of aliphatic carboxylic acids is 1. The summed E-state index contributed by atoms with van der Waals surface area (Å²) in [7, 11) is 0. The van der Waals surface area contributed by atoms with E-state index in [2.05, 4.69) is 15.5 Å². The van der Waals surface area contributed by atoms with Gasteiger partial charge in [0.15, 0.2) is 0 Å². The molecule has 0 saturated carbocycles. The van der Waals surface area contributed by atoms with Gasteiger partial charge < -0.3 is 14.8 Å². The largest absolute Gasteiger partial charge is 0.480 e. The Bertz CT molecular complexity index is 520. The van der Waals surface area contributed by atoms with E-state index in [0.29, 0.717) is 11.8 Å². The van der Waals surface area contributed by atoms with E-state index in [-0.39, 0.29) is 31.0 Å². The summed E-state index contributed by atoms with van der Waals surface area (Å²) in [4.78, 5) is 24.1. The molecule has 1 unspecified atom stereocenters. The SMILES string of the molecule is CC(C)(C)c1nnc(CN2CC(=O)NCC2C(=O)O)o1. The topological polar surface area (TPSA) is 109 Å². The number of aromatic nitrogens is 2. The van der Waals surface area contributed by atoms with Crippen LogP contribution in [-0.4, -0.2) is 51.2 Å². The summed E-state index contributed by atoms with van der Waals surface area (Å²) in [6.07, 6.45) is 0. The van der Waals surface area contributed by atoms with Crippen molar-refractivity contribution in [3.05, 3.63) is 11.8 Å². The molecule has 110 valence electrons. The molecular weight excluding hydrogens is 264 g/mol. The van der Waals surface area contributed by atoms with E-state index in [9.17, 15) is 9.59 Å². The molecule has 1 amide bonds. The van der Waals surface area contributed by atoms with Crippen LogP contribution >= 0.6 is 0 Å². The molecule has 0 radical (unpaired) electrons. The van der Waals surface area contributed by atoms with Gasteiger partial charge in [0.2, 0.25) is 17.7 Å². The van der Waals surface area contributed by atoms with Crippen LogP contribution in [0.1, 0.15) is 32.6 Å². The van der Waals surface area contributed by atoms with Crippen molar-refractivity contribution >= 4 is 11.9 Å². The minimum atomic E-state index is -0.986. The van der Waals surface area contributed by atoms with Crippen molar-refractivity contribution < 1.29 is 19.1 Å². The number of rotatable bonds is 3. The zero-order chi connectivity index (χ0) is 14.9. The molecule has 20 heavy (non-hydrogen) atoms. The highest BCUT2D eigenvalue weighted by atomic mass is 16.4. The average Bonchev–Trinajstić information content (AvgIpc) is 2.76. The molecule has 1 fully saturated rings. The van der Waals surface area contributed by atoms with Crippen molar-refractivity contribution in [2.45, 2.75) is 38.8 Å². The number of carboxylic acid groups (broad SMARTS) is 1. The van der Waals surface area contributed by atoms with E-state index in [1.54, 1.807) is 0 Å². The minimum Gasteiger partial charge on any atom is -0.480 e. The number of hydrogen-bond donors (Lipinski definition) is 2. The third-order valence-electron chi connectivity index (χ3n) is 3.01. The Kier molecular flexibility index (Phi) is 3.76. The van der Waals surface area contributed by atoms with Crippen LogP contribution in [0.5, 0.6) is 0 Å². The second-order valence-electron chi connectivity index (χ2n) is 5.81.